The number of phenolic OH excluding ortho intramolecular Hbond substituents is 1. The third-order valence-corrected chi connectivity index (χ3v) is 5.11. The van der Waals surface area contributed by atoms with E-state index in [0.29, 0.717) is 16.2 Å². The van der Waals surface area contributed by atoms with E-state index >= 15 is 0 Å². The third kappa shape index (κ3) is 4.97. The van der Waals surface area contributed by atoms with Crippen molar-refractivity contribution < 1.29 is 24.2 Å². The Kier molecular flexibility index (Phi) is 6.56. The molecular formula is C21H20N2O5S. The Morgan fingerprint density at radius 2 is 1.76 bits per heavy atom. The summed E-state index contributed by atoms with van der Waals surface area (Å²) in [5.74, 6) is 1.05. The van der Waals surface area contributed by atoms with Gasteiger partial charge in [-0.2, -0.15) is 0 Å². The summed E-state index contributed by atoms with van der Waals surface area (Å²) < 4.78 is 10.2. The van der Waals surface area contributed by atoms with E-state index in [2.05, 4.69) is 4.99 Å². The van der Waals surface area contributed by atoms with Crippen molar-refractivity contribution in [3.8, 4) is 17.2 Å². The number of thioether (sulfide) groups is 1. The van der Waals surface area contributed by atoms with Gasteiger partial charge in [0, 0.05) is 18.3 Å². The molecule has 0 unspecified atom stereocenters. The molecule has 2 amide bonds. The highest BCUT2D eigenvalue weighted by atomic mass is 32.2. The van der Waals surface area contributed by atoms with E-state index in [1.54, 1.807) is 37.5 Å². The molecule has 1 saturated heterocycles. The standard InChI is InChI=1S/C21H20N2O5S/c1-27-16-5-3-14(4-6-16)11-19-20(25)23(21(26)29-19)10-9-22-13-15-12-17(28-2)7-8-18(15)24/h3-8,11-13,24H,9-10H2,1-2H3/b19-11-,22-13?. The number of rotatable bonds is 7. The quantitative estimate of drug-likeness (QED) is 0.553. The molecule has 3 rings (SSSR count). The molecule has 0 bridgehead atoms. The summed E-state index contributed by atoms with van der Waals surface area (Å²) in [5.41, 5.74) is 1.31. The van der Waals surface area contributed by atoms with Crippen LogP contribution in [0, 0.1) is 0 Å². The molecule has 0 radical (unpaired) electrons. The predicted octanol–water partition coefficient (Wildman–Crippen LogP) is 3.56. The number of phenols is 1. The first-order valence-corrected chi connectivity index (χ1v) is 9.59. The predicted molar refractivity (Wildman–Crippen MR) is 113 cm³/mol. The zero-order valence-electron chi connectivity index (χ0n) is 16.0. The number of methoxy groups -OCH3 is 2. The lowest BCUT2D eigenvalue weighted by Gasteiger charge is -2.10. The Morgan fingerprint density at radius 3 is 2.45 bits per heavy atom. The Bertz CT molecular complexity index is 970. The first-order valence-electron chi connectivity index (χ1n) is 8.78. The second kappa shape index (κ2) is 9.29. The minimum absolute atomic E-state index is 0.0724. The minimum atomic E-state index is -0.338. The molecule has 0 aliphatic carbocycles. The van der Waals surface area contributed by atoms with Crippen LogP contribution in [0.15, 0.2) is 52.4 Å². The van der Waals surface area contributed by atoms with Crippen molar-refractivity contribution in [2.75, 3.05) is 27.3 Å². The van der Waals surface area contributed by atoms with E-state index in [9.17, 15) is 14.7 Å². The number of carbonyl (C=O) groups is 2. The van der Waals surface area contributed by atoms with E-state index < -0.39 is 0 Å². The molecule has 0 atom stereocenters. The second-order valence-electron chi connectivity index (χ2n) is 6.07. The van der Waals surface area contributed by atoms with Gasteiger partial charge in [-0.3, -0.25) is 19.5 Å². The van der Waals surface area contributed by atoms with Gasteiger partial charge in [0.15, 0.2) is 0 Å². The molecule has 0 spiro atoms. The van der Waals surface area contributed by atoms with Gasteiger partial charge in [0.2, 0.25) is 0 Å². The van der Waals surface area contributed by atoms with Gasteiger partial charge in [-0.15, -0.1) is 0 Å². The van der Waals surface area contributed by atoms with Crippen molar-refractivity contribution in [1.29, 1.82) is 0 Å². The number of aromatic hydroxyl groups is 1. The number of hydrogen-bond acceptors (Lipinski definition) is 7. The Morgan fingerprint density at radius 1 is 1.07 bits per heavy atom. The van der Waals surface area contributed by atoms with Crippen LogP contribution in [0.5, 0.6) is 17.2 Å². The fourth-order valence-corrected chi connectivity index (χ4v) is 3.49. The molecule has 2 aromatic rings. The highest BCUT2D eigenvalue weighted by Crippen LogP contribution is 2.32. The molecule has 1 fully saturated rings. The van der Waals surface area contributed by atoms with Crippen molar-refractivity contribution in [3.63, 3.8) is 0 Å². The lowest BCUT2D eigenvalue weighted by molar-refractivity contribution is -0.122. The molecule has 1 N–H and O–H groups in total. The third-order valence-electron chi connectivity index (χ3n) is 4.20. The fourth-order valence-electron chi connectivity index (χ4n) is 2.63. The summed E-state index contributed by atoms with van der Waals surface area (Å²) in [5, 5.41) is 9.52. The number of ether oxygens (including phenoxy) is 2. The summed E-state index contributed by atoms with van der Waals surface area (Å²) in [4.78, 5) is 30.5. The highest BCUT2D eigenvalue weighted by molar-refractivity contribution is 8.18. The SMILES string of the molecule is COc1ccc(/C=C2\SC(=O)N(CCN=Cc3cc(OC)ccc3O)C2=O)cc1. The summed E-state index contributed by atoms with van der Waals surface area (Å²) in [6, 6.07) is 12.0. The van der Waals surface area contributed by atoms with Gasteiger partial charge < -0.3 is 14.6 Å². The fraction of sp³-hybridized carbons (Fsp3) is 0.190. The normalized spacial score (nSPS) is 15.5. The minimum Gasteiger partial charge on any atom is -0.507 e. The van der Waals surface area contributed by atoms with Gasteiger partial charge in [0.25, 0.3) is 11.1 Å². The molecule has 7 nitrogen and oxygen atoms in total. The average Bonchev–Trinajstić information content (AvgIpc) is 3.00. The molecular weight excluding hydrogens is 392 g/mol. The van der Waals surface area contributed by atoms with Crippen molar-refractivity contribution in [1.82, 2.24) is 4.90 Å². The van der Waals surface area contributed by atoms with Gasteiger partial charge in [-0.25, -0.2) is 0 Å². The van der Waals surface area contributed by atoms with Crippen molar-refractivity contribution in [3.05, 3.63) is 58.5 Å². The van der Waals surface area contributed by atoms with Gasteiger partial charge in [0.05, 0.1) is 25.7 Å². The monoisotopic (exact) mass is 412 g/mol. The maximum atomic E-state index is 12.5. The van der Waals surface area contributed by atoms with Crippen LogP contribution in [0.1, 0.15) is 11.1 Å². The maximum Gasteiger partial charge on any atom is 0.293 e. The summed E-state index contributed by atoms with van der Waals surface area (Å²) >= 11 is 0.907. The van der Waals surface area contributed by atoms with E-state index in [4.69, 9.17) is 9.47 Å². The van der Waals surface area contributed by atoms with Crippen LogP contribution in [0.2, 0.25) is 0 Å². The molecule has 150 valence electrons. The number of hydrogen-bond donors (Lipinski definition) is 1. The number of carbonyl (C=O) groups excluding carboxylic acids is 2. The highest BCUT2D eigenvalue weighted by Gasteiger charge is 2.34. The van der Waals surface area contributed by atoms with Gasteiger partial charge >= 0.3 is 0 Å². The Hall–Kier alpha value is -3.26. The number of nitrogens with zero attached hydrogens (tertiary/aromatic N) is 2. The summed E-state index contributed by atoms with van der Waals surface area (Å²) in [6.45, 7) is 0.385. The van der Waals surface area contributed by atoms with Crippen LogP contribution in [0.25, 0.3) is 6.08 Å². The molecule has 2 aromatic carbocycles. The van der Waals surface area contributed by atoms with E-state index in [1.165, 1.54) is 24.3 Å². The van der Waals surface area contributed by atoms with Crippen molar-refractivity contribution >= 4 is 35.2 Å². The van der Waals surface area contributed by atoms with Crippen LogP contribution in [0.4, 0.5) is 4.79 Å². The molecule has 1 heterocycles. The Balaban J connectivity index is 1.62. The molecule has 1 aliphatic heterocycles. The van der Waals surface area contributed by atoms with Crippen LogP contribution in [-0.2, 0) is 4.79 Å². The number of benzene rings is 2. The van der Waals surface area contributed by atoms with Gasteiger partial charge in [-0.1, -0.05) is 12.1 Å². The van der Waals surface area contributed by atoms with Gasteiger partial charge in [0.1, 0.15) is 17.2 Å². The topological polar surface area (TPSA) is 88.4 Å². The number of aliphatic imine (C=N–C) groups is 1. The second-order valence-corrected chi connectivity index (χ2v) is 7.06. The first-order chi connectivity index (χ1) is 14.0. The van der Waals surface area contributed by atoms with Crippen molar-refractivity contribution in [2.45, 2.75) is 0 Å². The van der Waals surface area contributed by atoms with Gasteiger partial charge in [-0.05, 0) is 53.7 Å². The summed E-state index contributed by atoms with van der Waals surface area (Å²) in [7, 11) is 3.12. The maximum absolute atomic E-state index is 12.5. The average molecular weight is 412 g/mol. The molecule has 0 aromatic heterocycles. The zero-order valence-corrected chi connectivity index (χ0v) is 16.8. The number of amides is 2. The van der Waals surface area contributed by atoms with E-state index in [-0.39, 0.29) is 30.0 Å². The largest absolute Gasteiger partial charge is 0.507 e. The smallest absolute Gasteiger partial charge is 0.293 e. The molecule has 1 aliphatic rings. The molecule has 29 heavy (non-hydrogen) atoms. The lowest BCUT2D eigenvalue weighted by atomic mass is 10.2. The Labute approximate surface area is 172 Å². The van der Waals surface area contributed by atoms with Crippen LogP contribution >= 0.6 is 11.8 Å². The van der Waals surface area contributed by atoms with E-state index in [1.807, 2.05) is 12.1 Å². The summed E-state index contributed by atoms with van der Waals surface area (Å²) in [6.07, 6.45) is 3.17. The van der Waals surface area contributed by atoms with Crippen molar-refractivity contribution in [2.24, 2.45) is 4.99 Å². The zero-order chi connectivity index (χ0) is 20.8. The first kappa shape index (κ1) is 20.5. The molecule has 8 heteroatoms. The van der Waals surface area contributed by atoms with Crippen LogP contribution < -0.4 is 9.47 Å². The lowest BCUT2D eigenvalue weighted by Crippen LogP contribution is -2.30. The number of imide groups is 1. The van der Waals surface area contributed by atoms with E-state index in [0.717, 1.165) is 23.1 Å². The van der Waals surface area contributed by atoms with Crippen LogP contribution in [-0.4, -0.2) is 54.7 Å². The van der Waals surface area contributed by atoms with Crippen LogP contribution in [0.3, 0.4) is 0 Å². The molecule has 0 saturated carbocycles.